The molecule has 1 aromatic carbocycles. The second-order valence-corrected chi connectivity index (χ2v) is 8.67. The summed E-state index contributed by atoms with van der Waals surface area (Å²) in [6.45, 7) is 3.60. The Kier molecular flexibility index (Phi) is 9.08. The van der Waals surface area contributed by atoms with Crippen molar-refractivity contribution in [3.63, 3.8) is 0 Å². The normalized spacial score (nSPS) is 24.6. The Balaban J connectivity index is 0.00000300. The number of nitrogens with zero attached hydrogens (tertiary/aromatic N) is 2. The van der Waals surface area contributed by atoms with Crippen LogP contribution in [0.2, 0.25) is 10.0 Å². The summed E-state index contributed by atoms with van der Waals surface area (Å²) >= 11 is 12.1. The number of esters is 1. The van der Waals surface area contributed by atoms with Crippen LogP contribution < -0.4 is 0 Å². The van der Waals surface area contributed by atoms with Gasteiger partial charge in [-0.2, -0.15) is 0 Å². The third-order valence-electron chi connectivity index (χ3n) is 5.91. The number of ether oxygens (including phenoxy) is 1. The van der Waals surface area contributed by atoms with Gasteiger partial charge in [0.25, 0.3) is 0 Å². The maximum atomic E-state index is 13.0. The number of halogens is 3. The summed E-state index contributed by atoms with van der Waals surface area (Å²) in [6.07, 6.45) is 5.04. The van der Waals surface area contributed by atoms with Crippen LogP contribution in [-0.4, -0.2) is 60.0 Å². The minimum atomic E-state index is -0.256. The first-order valence-corrected chi connectivity index (χ1v) is 10.7. The van der Waals surface area contributed by atoms with Gasteiger partial charge in [0.2, 0.25) is 5.91 Å². The third-order valence-corrected chi connectivity index (χ3v) is 6.64. The standard InChI is InChI=1S/C21H28Cl2N2O3.ClH/c1-14(26)28-16-6-8-19(25-9-3-4-10-25)20(13-16)24(2)21(27)12-15-5-7-17(22)18(23)11-15;/h5,7,11,16,19-20H,3-4,6,8-10,12-13H2,1-2H3;1H. The zero-order chi connectivity index (χ0) is 20.3. The second kappa shape index (κ2) is 10.9. The van der Waals surface area contributed by atoms with Gasteiger partial charge in [0.05, 0.1) is 22.5 Å². The first-order chi connectivity index (χ1) is 13.3. The summed E-state index contributed by atoms with van der Waals surface area (Å²) in [5.41, 5.74) is 0.844. The third kappa shape index (κ3) is 6.24. The molecule has 1 aliphatic carbocycles. The van der Waals surface area contributed by atoms with Gasteiger partial charge >= 0.3 is 5.97 Å². The number of hydrogen-bond acceptors (Lipinski definition) is 4. The molecule has 0 bridgehead atoms. The highest BCUT2D eigenvalue weighted by molar-refractivity contribution is 6.42. The largest absolute Gasteiger partial charge is 0.462 e. The van der Waals surface area contributed by atoms with Gasteiger partial charge in [0.1, 0.15) is 6.10 Å². The number of hydrogen-bond donors (Lipinski definition) is 0. The average Bonchev–Trinajstić information content (AvgIpc) is 3.18. The van der Waals surface area contributed by atoms with E-state index in [1.807, 2.05) is 18.0 Å². The van der Waals surface area contributed by atoms with Crippen LogP contribution in [0.5, 0.6) is 0 Å². The number of carbonyl (C=O) groups excluding carboxylic acids is 2. The smallest absolute Gasteiger partial charge is 0.302 e. The minimum absolute atomic E-state index is 0. The quantitative estimate of drug-likeness (QED) is 0.609. The van der Waals surface area contributed by atoms with Gasteiger partial charge in [-0.1, -0.05) is 29.3 Å². The molecule has 8 heteroatoms. The fourth-order valence-corrected chi connectivity index (χ4v) is 4.81. The van der Waals surface area contributed by atoms with Crippen LogP contribution in [0.1, 0.15) is 44.6 Å². The van der Waals surface area contributed by atoms with E-state index in [9.17, 15) is 9.59 Å². The molecule has 1 saturated carbocycles. The molecule has 3 unspecified atom stereocenters. The first kappa shape index (κ1) is 24.3. The van der Waals surface area contributed by atoms with Crippen LogP contribution in [0.4, 0.5) is 0 Å². The van der Waals surface area contributed by atoms with E-state index in [1.165, 1.54) is 19.8 Å². The van der Waals surface area contributed by atoms with E-state index < -0.39 is 0 Å². The molecule has 1 aromatic rings. The summed E-state index contributed by atoms with van der Waals surface area (Å²) in [7, 11) is 1.86. The first-order valence-electron chi connectivity index (χ1n) is 9.96. The van der Waals surface area contributed by atoms with E-state index in [-0.39, 0.29) is 42.9 Å². The molecule has 162 valence electrons. The summed E-state index contributed by atoms with van der Waals surface area (Å²) in [5.74, 6) is -0.218. The lowest BCUT2D eigenvalue weighted by molar-refractivity contribution is -0.150. The van der Waals surface area contributed by atoms with Gasteiger partial charge in [-0.25, -0.2) is 0 Å². The van der Waals surface area contributed by atoms with Gasteiger partial charge in [-0.15, -0.1) is 12.4 Å². The Labute approximate surface area is 189 Å². The molecule has 1 heterocycles. The zero-order valence-corrected chi connectivity index (χ0v) is 19.2. The molecule has 1 aliphatic heterocycles. The molecule has 0 aromatic heterocycles. The summed E-state index contributed by atoms with van der Waals surface area (Å²) < 4.78 is 5.48. The van der Waals surface area contributed by atoms with Crippen molar-refractivity contribution in [2.75, 3.05) is 20.1 Å². The highest BCUT2D eigenvalue weighted by atomic mass is 35.5. The lowest BCUT2D eigenvalue weighted by Crippen LogP contribution is -2.56. The fraction of sp³-hybridized carbons (Fsp3) is 0.619. The molecule has 0 spiro atoms. The topological polar surface area (TPSA) is 49.9 Å². The molecular formula is C21H29Cl3N2O3. The molecule has 1 amide bonds. The van der Waals surface area contributed by atoms with E-state index in [2.05, 4.69) is 4.90 Å². The minimum Gasteiger partial charge on any atom is -0.462 e. The summed E-state index contributed by atoms with van der Waals surface area (Å²) in [6, 6.07) is 5.65. The Morgan fingerprint density at radius 1 is 1.17 bits per heavy atom. The monoisotopic (exact) mass is 462 g/mol. The molecule has 1 saturated heterocycles. The number of likely N-dealkylation sites (N-methyl/N-ethyl adjacent to an activating group) is 1. The Morgan fingerprint density at radius 2 is 1.86 bits per heavy atom. The maximum absolute atomic E-state index is 13.0. The van der Waals surface area contributed by atoms with Crippen LogP contribution >= 0.6 is 35.6 Å². The van der Waals surface area contributed by atoms with Crippen molar-refractivity contribution < 1.29 is 14.3 Å². The Bertz CT molecular complexity index is 725. The number of likely N-dealkylation sites (tertiary alicyclic amines) is 1. The molecule has 5 nitrogen and oxygen atoms in total. The Morgan fingerprint density at radius 3 is 2.48 bits per heavy atom. The Hall–Kier alpha value is -1.01. The van der Waals surface area contributed by atoms with Gasteiger partial charge in [-0.05, 0) is 56.5 Å². The average molecular weight is 464 g/mol. The van der Waals surface area contributed by atoms with Crippen LogP contribution in [0, 0.1) is 0 Å². The zero-order valence-electron chi connectivity index (χ0n) is 16.9. The number of benzene rings is 1. The van der Waals surface area contributed by atoms with E-state index in [1.54, 1.807) is 12.1 Å². The molecular weight excluding hydrogens is 435 g/mol. The van der Waals surface area contributed by atoms with Crippen LogP contribution in [0.25, 0.3) is 0 Å². The van der Waals surface area contributed by atoms with Crippen molar-refractivity contribution in [2.24, 2.45) is 0 Å². The van der Waals surface area contributed by atoms with Crippen molar-refractivity contribution >= 4 is 47.5 Å². The van der Waals surface area contributed by atoms with Crippen molar-refractivity contribution in [1.82, 2.24) is 9.80 Å². The molecule has 3 atom stereocenters. The molecule has 0 radical (unpaired) electrons. The van der Waals surface area contributed by atoms with E-state index in [0.29, 0.717) is 22.5 Å². The van der Waals surface area contributed by atoms with E-state index in [0.717, 1.165) is 31.5 Å². The SMILES string of the molecule is CC(=O)OC1CCC(N2CCCC2)C(N(C)C(=O)Cc2ccc(Cl)c(Cl)c2)C1.Cl. The molecule has 2 aliphatic rings. The van der Waals surface area contributed by atoms with E-state index >= 15 is 0 Å². The number of rotatable bonds is 5. The lowest BCUT2D eigenvalue weighted by Gasteiger charge is -2.44. The predicted octanol–water partition coefficient (Wildman–Crippen LogP) is 4.36. The van der Waals surface area contributed by atoms with Gasteiger partial charge in [0, 0.05) is 26.4 Å². The molecule has 29 heavy (non-hydrogen) atoms. The lowest BCUT2D eigenvalue weighted by atomic mass is 9.86. The van der Waals surface area contributed by atoms with E-state index in [4.69, 9.17) is 27.9 Å². The van der Waals surface area contributed by atoms with Crippen LogP contribution in [-0.2, 0) is 20.7 Å². The van der Waals surface area contributed by atoms with Crippen LogP contribution in [0.3, 0.4) is 0 Å². The highest BCUT2D eigenvalue weighted by Crippen LogP contribution is 2.31. The number of carbonyl (C=O) groups is 2. The van der Waals surface area contributed by atoms with Crippen LogP contribution in [0.15, 0.2) is 18.2 Å². The maximum Gasteiger partial charge on any atom is 0.302 e. The van der Waals surface area contributed by atoms with Gasteiger partial charge < -0.3 is 9.64 Å². The van der Waals surface area contributed by atoms with Crippen molar-refractivity contribution in [1.29, 1.82) is 0 Å². The van der Waals surface area contributed by atoms with Crippen molar-refractivity contribution in [3.05, 3.63) is 33.8 Å². The van der Waals surface area contributed by atoms with Crippen molar-refractivity contribution in [3.8, 4) is 0 Å². The fourth-order valence-electron chi connectivity index (χ4n) is 4.48. The molecule has 2 fully saturated rings. The highest BCUT2D eigenvalue weighted by Gasteiger charge is 2.39. The summed E-state index contributed by atoms with van der Waals surface area (Å²) in [4.78, 5) is 28.8. The van der Waals surface area contributed by atoms with Gasteiger partial charge in [-0.3, -0.25) is 14.5 Å². The predicted molar refractivity (Wildman–Crippen MR) is 118 cm³/mol. The summed E-state index contributed by atoms with van der Waals surface area (Å²) in [5, 5.41) is 0.939. The van der Waals surface area contributed by atoms with Crippen molar-refractivity contribution in [2.45, 2.75) is 63.6 Å². The van der Waals surface area contributed by atoms with Gasteiger partial charge in [0.15, 0.2) is 0 Å². The second-order valence-electron chi connectivity index (χ2n) is 7.85. The molecule has 3 rings (SSSR count). The number of amides is 1. The molecule has 0 N–H and O–H groups in total.